The van der Waals surface area contributed by atoms with Crippen LogP contribution in [0.25, 0.3) is 0 Å². The quantitative estimate of drug-likeness (QED) is 0.870. The molecule has 0 bridgehead atoms. The van der Waals surface area contributed by atoms with Crippen LogP contribution in [-0.2, 0) is 6.42 Å². The van der Waals surface area contributed by atoms with Crippen molar-refractivity contribution in [1.29, 1.82) is 0 Å². The summed E-state index contributed by atoms with van der Waals surface area (Å²) in [7, 11) is 1.51. The zero-order chi connectivity index (χ0) is 11.4. The molecule has 0 aliphatic rings. The molecule has 0 heterocycles. The Morgan fingerprint density at radius 1 is 1.47 bits per heavy atom. The van der Waals surface area contributed by atoms with E-state index in [0.29, 0.717) is 16.3 Å². The number of alkyl halides is 2. The predicted molar refractivity (Wildman–Crippen MR) is 55.7 cm³/mol. The molecule has 0 aliphatic carbocycles. The topological polar surface area (TPSA) is 35.2 Å². The van der Waals surface area contributed by atoms with Crippen molar-refractivity contribution >= 4 is 11.6 Å². The maximum absolute atomic E-state index is 12.2. The molecule has 0 aromatic heterocycles. The molecule has 5 heteroatoms. The van der Waals surface area contributed by atoms with Gasteiger partial charge in [-0.15, -0.1) is 0 Å². The van der Waals surface area contributed by atoms with Crippen LogP contribution in [0.1, 0.15) is 5.56 Å². The number of ether oxygens (including phenoxy) is 1. The van der Waals surface area contributed by atoms with E-state index >= 15 is 0 Å². The summed E-state index contributed by atoms with van der Waals surface area (Å²) in [6.07, 6.45) is -2.48. The van der Waals surface area contributed by atoms with Crippen molar-refractivity contribution < 1.29 is 13.5 Å². The number of methoxy groups -OCH3 is 1. The van der Waals surface area contributed by atoms with E-state index in [1.54, 1.807) is 18.2 Å². The standard InChI is InChI=1S/C10H12ClF2NO/c1-15-7-3-2-6(8(11)5-7)4-9(14)10(12)13/h2-3,5,9-10H,4,14H2,1H3. The first kappa shape index (κ1) is 12.2. The summed E-state index contributed by atoms with van der Waals surface area (Å²) in [6, 6.07) is 3.70. The zero-order valence-electron chi connectivity index (χ0n) is 8.21. The SMILES string of the molecule is COc1ccc(CC(N)C(F)F)c(Cl)c1. The molecule has 2 nitrogen and oxygen atoms in total. The third-order valence-electron chi connectivity index (χ3n) is 2.04. The summed E-state index contributed by atoms with van der Waals surface area (Å²) in [5.74, 6) is 0.592. The Hall–Kier alpha value is -0.870. The number of hydrogen-bond donors (Lipinski definition) is 1. The Morgan fingerprint density at radius 3 is 2.60 bits per heavy atom. The Balaban J connectivity index is 2.78. The lowest BCUT2D eigenvalue weighted by atomic mass is 10.1. The lowest BCUT2D eigenvalue weighted by Crippen LogP contribution is -2.30. The van der Waals surface area contributed by atoms with Gasteiger partial charge in [0.25, 0.3) is 6.43 Å². The molecule has 2 N–H and O–H groups in total. The number of benzene rings is 1. The van der Waals surface area contributed by atoms with Gasteiger partial charge in [-0.05, 0) is 24.1 Å². The summed E-state index contributed by atoms with van der Waals surface area (Å²) >= 11 is 5.88. The van der Waals surface area contributed by atoms with Crippen LogP contribution in [0.15, 0.2) is 18.2 Å². The molecule has 0 amide bonds. The molecule has 15 heavy (non-hydrogen) atoms. The molecule has 1 rings (SSSR count). The van der Waals surface area contributed by atoms with Crippen molar-refractivity contribution in [2.45, 2.75) is 18.9 Å². The highest BCUT2D eigenvalue weighted by Crippen LogP contribution is 2.23. The smallest absolute Gasteiger partial charge is 0.253 e. The van der Waals surface area contributed by atoms with E-state index in [9.17, 15) is 8.78 Å². The minimum atomic E-state index is -2.54. The van der Waals surface area contributed by atoms with E-state index in [2.05, 4.69) is 0 Å². The van der Waals surface area contributed by atoms with Gasteiger partial charge in [0.15, 0.2) is 0 Å². The highest BCUT2D eigenvalue weighted by Gasteiger charge is 2.17. The number of nitrogens with two attached hydrogens (primary N) is 1. The van der Waals surface area contributed by atoms with Gasteiger partial charge in [-0.25, -0.2) is 8.78 Å². The fraction of sp³-hybridized carbons (Fsp3) is 0.400. The highest BCUT2D eigenvalue weighted by atomic mass is 35.5. The maximum atomic E-state index is 12.2. The van der Waals surface area contributed by atoms with Gasteiger partial charge in [-0.2, -0.15) is 0 Å². The number of halogens is 3. The summed E-state index contributed by atoms with van der Waals surface area (Å²) in [4.78, 5) is 0. The Bertz CT molecular complexity index is 333. The highest BCUT2D eigenvalue weighted by molar-refractivity contribution is 6.31. The van der Waals surface area contributed by atoms with Crippen LogP contribution >= 0.6 is 11.6 Å². The molecule has 84 valence electrons. The zero-order valence-corrected chi connectivity index (χ0v) is 8.97. The Morgan fingerprint density at radius 2 is 2.13 bits per heavy atom. The van der Waals surface area contributed by atoms with Crippen LogP contribution in [0.3, 0.4) is 0 Å². The second-order valence-electron chi connectivity index (χ2n) is 3.16. The molecule has 1 atom stereocenters. The molecular weight excluding hydrogens is 224 g/mol. The van der Waals surface area contributed by atoms with Crippen molar-refractivity contribution in [2.75, 3.05) is 7.11 Å². The third-order valence-corrected chi connectivity index (χ3v) is 2.39. The van der Waals surface area contributed by atoms with Gasteiger partial charge in [0.05, 0.1) is 13.2 Å². The molecule has 0 aliphatic heterocycles. The van der Waals surface area contributed by atoms with E-state index < -0.39 is 12.5 Å². The van der Waals surface area contributed by atoms with Crippen molar-refractivity contribution in [3.63, 3.8) is 0 Å². The monoisotopic (exact) mass is 235 g/mol. The summed E-state index contributed by atoms with van der Waals surface area (Å²) in [6.45, 7) is 0. The molecule has 0 radical (unpaired) electrons. The number of rotatable bonds is 4. The molecule has 1 unspecified atom stereocenters. The van der Waals surface area contributed by atoms with Crippen LogP contribution in [-0.4, -0.2) is 19.6 Å². The largest absolute Gasteiger partial charge is 0.497 e. The van der Waals surface area contributed by atoms with Gasteiger partial charge < -0.3 is 10.5 Å². The lowest BCUT2D eigenvalue weighted by molar-refractivity contribution is 0.116. The van der Waals surface area contributed by atoms with E-state index in [-0.39, 0.29) is 6.42 Å². The van der Waals surface area contributed by atoms with E-state index in [0.717, 1.165) is 0 Å². The van der Waals surface area contributed by atoms with Gasteiger partial charge in [-0.3, -0.25) is 0 Å². The van der Waals surface area contributed by atoms with E-state index in [4.69, 9.17) is 22.1 Å². The van der Waals surface area contributed by atoms with E-state index in [1.807, 2.05) is 0 Å². The molecule has 1 aromatic rings. The van der Waals surface area contributed by atoms with Crippen molar-refractivity contribution in [3.8, 4) is 5.75 Å². The lowest BCUT2D eigenvalue weighted by Gasteiger charge is -2.12. The fourth-order valence-electron chi connectivity index (χ4n) is 1.16. The molecule has 1 aromatic carbocycles. The average Bonchev–Trinajstić information content (AvgIpc) is 2.20. The first-order chi connectivity index (χ1) is 7.04. The minimum absolute atomic E-state index is 0.0560. The van der Waals surface area contributed by atoms with Gasteiger partial charge >= 0.3 is 0 Å². The summed E-state index contributed by atoms with van der Waals surface area (Å²) < 4.78 is 29.3. The minimum Gasteiger partial charge on any atom is -0.497 e. The molecule has 0 spiro atoms. The van der Waals surface area contributed by atoms with Crippen molar-refractivity contribution in [1.82, 2.24) is 0 Å². The predicted octanol–water partition coefficient (Wildman–Crippen LogP) is 2.48. The maximum Gasteiger partial charge on any atom is 0.253 e. The van der Waals surface area contributed by atoms with Gasteiger partial charge in [0, 0.05) is 5.02 Å². The molecule has 0 saturated heterocycles. The van der Waals surface area contributed by atoms with Gasteiger partial charge in [-0.1, -0.05) is 17.7 Å². The molecular formula is C10H12ClF2NO. The van der Waals surface area contributed by atoms with E-state index in [1.165, 1.54) is 7.11 Å². The third kappa shape index (κ3) is 3.32. The Labute approximate surface area is 92.0 Å². The van der Waals surface area contributed by atoms with Crippen molar-refractivity contribution in [3.05, 3.63) is 28.8 Å². The van der Waals surface area contributed by atoms with Crippen LogP contribution in [0, 0.1) is 0 Å². The average molecular weight is 236 g/mol. The Kier molecular flexibility index (Phi) is 4.29. The first-order valence-electron chi connectivity index (χ1n) is 4.40. The fourth-order valence-corrected chi connectivity index (χ4v) is 1.41. The van der Waals surface area contributed by atoms with Gasteiger partial charge in [0.2, 0.25) is 0 Å². The summed E-state index contributed by atoms with van der Waals surface area (Å²) in [5, 5.41) is 0.394. The van der Waals surface area contributed by atoms with Crippen LogP contribution in [0.4, 0.5) is 8.78 Å². The van der Waals surface area contributed by atoms with Crippen LogP contribution < -0.4 is 10.5 Å². The van der Waals surface area contributed by atoms with Crippen molar-refractivity contribution in [2.24, 2.45) is 5.73 Å². The van der Waals surface area contributed by atoms with Crippen LogP contribution in [0.5, 0.6) is 5.75 Å². The first-order valence-corrected chi connectivity index (χ1v) is 4.78. The normalized spacial score (nSPS) is 12.9. The summed E-state index contributed by atoms with van der Waals surface area (Å²) in [5.41, 5.74) is 5.85. The second kappa shape index (κ2) is 5.28. The van der Waals surface area contributed by atoms with Gasteiger partial charge in [0.1, 0.15) is 5.75 Å². The number of hydrogen-bond acceptors (Lipinski definition) is 2. The molecule has 0 fully saturated rings. The second-order valence-corrected chi connectivity index (χ2v) is 3.57. The molecule has 0 saturated carbocycles. The van der Waals surface area contributed by atoms with Crippen LogP contribution in [0.2, 0.25) is 5.02 Å².